The highest BCUT2D eigenvalue weighted by atomic mass is 16.5. The van der Waals surface area contributed by atoms with E-state index in [0.29, 0.717) is 29.3 Å². The van der Waals surface area contributed by atoms with Crippen molar-refractivity contribution >= 4 is 23.2 Å². The molecule has 27 heavy (non-hydrogen) atoms. The van der Waals surface area contributed by atoms with Crippen molar-refractivity contribution in [1.29, 1.82) is 0 Å². The summed E-state index contributed by atoms with van der Waals surface area (Å²) in [7, 11) is 0. The lowest BCUT2D eigenvalue weighted by molar-refractivity contribution is -0.114. The molecule has 6 heteroatoms. The summed E-state index contributed by atoms with van der Waals surface area (Å²) in [5.74, 6) is 0.373. The molecule has 0 aliphatic heterocycles. The number of hydrogen-bond donors (Lipinski definition) is 3. The smallest absolute Gasteiger partial charge is 0.251 e. The molecule has 3 N–H and O–H groups in total. The van der Waals surface area contributed by atoms with Crippen LogP contribution in [0, 0.1) is 0 Å². The molecule has 0 fully saturated rings. The van der Waals surface area contributed by atoms with Gasteiger partial charge >= 0.3 is 0 Å². The van der Waals surface area contributed by atoms with Crippen LogP contribution < -0.4 is 20.7 Å². The molecule has 0 atom stereocenters. The lowest BCUT2D eigenvalue weighted by atomic mass is 10.1. The third-order valence-corrected chi connectivity index (χ3v) is 3.50. The number of benzene rings is 2. The molecular formula is C21H27N3O3. The second kappa shape index (κ2) is 9.07. The van der Waals surface area contributed by atoms with Crippen LogP contribution in [-0.2, 0) is 4.79 Å². The van der Waals surface area contributed by atoms with Gasteiger partial charge in [0.1, 0.15) is 5.75 Å². The van der Waals surface area contributed by atoms with E-state index < -0.39 is 0 Å². The van der Waals surface area contributed by atoms with Gasteiger partial charge in [0.05, 0.1) is 13.2 Å². The lowest BCUT2D eigenvalue weighted by Gasteiger charge is -2.20. The van der Waals surface area contributed by atoms with Crippen molar-refractivity contribution in [3.63, 3.8) is 0 Å². The van der Waals surface area contributed by atoms with Gasteiger partial charge in [-0.15, -0.1) is 0 Å². The van der Waals surface area contributed by atoms with E-state index in [9.17, 15) is 9.59 Å². The van der Waals surface area contributed by atoms with Gasteiger partial charge in [-0.1, -0.05) is 12.1 Å². The number of amides is 2. The number of nitrogens with one attached hydrogen (secondary N) is 3. The van der Waals surface area contributed by atoms with E-state index in [1.54, 1.807) is 30.3 Å². The Hall–Kier alpha value is -3.02. The third-order valence-electron chi connectivity index (χ3n) is 3.50. The largest absolute Gasteiger partial charge is 0.494 e. The van der Waals surface area contributed by atoms with Gasteiger partial charge in [-0.25, -0.2) is 0 Å². The molecule has 0 spiro atoms. The van der Waals surface area contributed by atoms with Gasteiger partial charge in [-0.05, 0) is 58.0 Å². The molecular weight excluding hydrogens is 342 g/mol. The van der Waals surface area contributed by atoms with Crippen molar-refractivity contribution in [1.82, 2.24) is 5.32 Å². The maximum absolute atomic E-state index is 12.2. The maximum Gasteiger partial charge on any atom is 0.251 e. The summed E-state index contributed by atoms with van der Waals surface area (Å²) in [6.07, 6.45) is 0. The molecule has 0 radical (unpaired) electrons. The summed E-state index contributed by atoms with van der Waals surface area (Å²) in [6.45, 7) is 8.35. The average Bonchev–Trinajstić information content (AvgIpc) is 2.59. The molecule has 2 aromatic rings. The quantitative estimate of drug-likeness (QED) is 0.696. The number of carbonyl (C=O) groups is 2. The minimum Gasteiger partial charge on any atom is -0.494 e. The van der Waals surface area contributed by atoms with Gasteiger partial charge in [0.15, 0.2) is 0 Å². The number of anilines is 2. The molecule has 144 valence electrons. The van der Waals surface area contributed by atoms with Crippen LogP contribution in [0.3, 0.4) is 0 Å². The Kier molecular flexibility index (Phi) is 6.82. The molecule has 0 saturated carbocycles. The van der Waals surface area contributed by atoms with Crippen molar-refractivity contribution in [3.8, 4) is 5.75 Å². The molecule has 6 nitrogen and oxygen atoms in total. The summed E-state index contributed by atoms with van der Waals surface area (Å²) in [4.78, 5) is 24.4. The fourth-order valence-electron chi connectivity index (χ4n) is 2.40. The molecule has 0 heterocycles. The van der Waals surface area contributed by atoms with E-state index in [4.69, 9.17) is 4.74 Å². The maximum atomic E-state index is 12.2. The molecule has 0 saturated heterocycles. The van der Waals surface area contributed by atoms with E-state index >= 15 is 0 Å². The zero-order valence-electron chi connectivity index (χ0n) is 16.3. The molecule has 0 unspecified atom stereocenters. The topological polar surface area (TPSA) is 79.5 Å². The number of rotatable bonds is 7. The van der Waals surface area contributed by atoms with E-state index in [1.807, 2.05) is 45.9 Å². The molecule has 2 amide bonds. The first kappa shape index (κ1) is 20.3. The Morgan fingerprint density at radius 1 is 1.00 bits per heavy atom. The van der Waals surface area contributed by atoms with E-state index in [2.05, 4.69) is 16.0 Å². The molecule has 0 aliphatic carbocycles. The monoisotopic (exact) mass is 369 g/mol. The van der Waals surface area contributed by atoms with Crippen molar-refractivity contribution in [3.05, 3.63) is 54.1 Å². The van der Waals surface area contributed by atoms with Crippen LogP contribution in [0.25, 0.3) is 0 Å². The Morgan fingerprint density at radius 3 is 2.41 bits per heavy atom. The lowest BCUT2D eigenvalue weighted by Crippen LogP contribution is -2.40. The highest BCUT2D eigenvalue weighted by Crippen LogP contribution is 2.17. The standard InChI is InChI=1S/C21H27N3O3/c1-5-27-18-11-7-10-17(13-18)23-19(25)14-22-16-9-6-8-15(12-16)20(26)24-21(2,3)4/h6-13,22H,5,14H2,1-4H3,(H,23,25)(H,24,26). The predicted molar refractivity (Wildman–Crippen MR) is 108 cm³/mol. The minimum absolute atomic E-state index is 0.0865. The average molecular weight is 369 g/mol. The van der Waals surface area contributed by atoms with E-state index in [1.165, 1.54) is 0 Å². The van der Waals surface area contributed by atoms with Crippen LogP contribution in [0.5, 0.6) is 5.75 Å². The molecule has 0 aliphatic rings. The van der Waals surface area contributed by atoms with Crippen molar-refractivity contribution in [2.45, 2.75) is 33.2 Å². The highest BCUT2D eigenvalue weighted by Gasteiger charge is 2.15. The van der Waals surface area contributed by atoms with E-state index in [-0.39, 0.29) is 23.9 Å². The first-order valence-corrected chi connectivity index (χ1v) is 8.96. The van der Waals surface area contributed by atoms with Crippen molar-refractivity contribution in [2.24, 2.45) is 0 Å². The fraction of sp³-hybridized carbons (Fsp3) is 0.333. The Balaban J connectivity index is 1.92. The van der Waals surface area contributed by atoms with Crippen LogP contribution in [0.4, 0.5) is 11.4 Å². The number of carbonyl (C=O) groups excluding carboxylic acids is 2. The SMILES string of the molecule is CCOc1cccc(NC(=O)CNc2cccc(C(=O)NC(C)(C)C)c2)c1. The van der Waals surface area contributed by atoms with Crippen molar-refractivity contribution in [2.75, 3.05) is 23.8 Å². The predicted octanol–water partition coefficient (Wildman–Crippen LogP) is 3.66. The van der Waals surface area contributed by atoms with Crippen LogP contribution in [0.1, 0.15) is 38.1 Å². The molecule has 2 aromatic carbocycles. The van der Waals surface area contributed by atoms with Gasteiger partial charge in [0.25, 0.3) is 5.91 Å². The number of hydrogen-bond acceptors (Lipinski definition) is 4. The van der Waals surface area contributed by atoms with Gasteiger partial charge < -0.3 is 20.7 Å². The zero-order valence-corrected chi connectivity index (χ0v) is 16.3. The highest BCUT2D eigenvalue weighted by molar-refractivity contribution is 5.96. The minimum atomic E-state index is -0.309. The first-order chi connectivity index (χ1) is 12.8. The van der Waals surface area contributed by atoms with Crippen LogP contribution in [-0.4, -0.2) is 30.5 Å². The van der Waals surface area contributed by atoms with Gasteiger partial charge in [0.2, 0.25) is 5.91 Å². The molecule has 0 bridgehead atoms. The summed E-state index contributed by atoms with van der Waals surface area (Å²) < 4.78 is 5.42. The zero-order chi connectivity index (χ0) is 19.9. The molecule has 0 aromatic heterocycles. The van der Waals surface area contributed by atoms with Crippen molar-refractivity contribution < 1.29 is 14.3 Å². The summed E-state index contributed by atoms with van der Waals surface area (Å²) in [5.41, 5.74) is 1.61. The van der Waals surface area contributed by atoms with Crippen LogP contribution in [0.2, 0.25) is 0 Å². The Bertz CT molecular complexity index is 797. The second-order valence-electron chi connectivity index (χ2n) is 7.15. The van der Waals surface area contributed by atoms with Gasteiger partial charge in [0, 0.05) is 28.5 Å². The number of ether oxygens (including phenoxy) is 1. The second-order valence-corrected chi connectivity index (χ2v) is 7.15. The third kappa shape index (κ3) is 7.01. The van der Waals surface area contributed by atoms with E-state index in [0.717, 1.165) is 0 Å². The summed E-state index contributed by atoms with van der Waals surface area (Å²) >= 11 is 0. The van der Waals surface area contributed by atoms with Crippen LogP contribution in [0.15, 0.2) is 48.5 Å². The summed E-state index contributed by atoms with van der Waals surface area (Å²) in [6, 6.07) is 14.3. The first-order valence-electron chi connectivity index (χ1n) is 8.96. The van der Waals surface area contributed by atoms with Gasteiger partial charge in [-0.2, -0.15) is 0 Å². The van der Waals surface area contributed by atoms with Gasteiger partial charge in [-0.3, -0.25) is 9.59 Å². The summed E-state index contributed by atoms with van der Waals surface area (Å²) in [5, 5.41) is 8.78. The Morgan fingerprint density at radius 2 is 1.70 bits per heavy atom. The fourth-order valence-corrected chi connectivity index (χ4v) is 2.40. The van der Waals surface area contributed by atoms with Crippen LogP contribution >= 0.6 is 0 Å². The normalized spacial score (nSPS) is 10.8. The molecule has 2 rings (SSSR count). The Labute approximate surface area is 160 Å².